The maximum absolute atomic E-state index is 6.24. The highest BCUT2D eigenvalue weighted by Gasteiger charge is 2.31. The molecule has 0 amide bonds. The van der Waals surface area contributed by atoms with Gasteiger partial charge >= 0.3 is 0 Å². The average molecular weight is 270 g/mol. The second-order valence-corrected chi connectivity index (χ2v) is 6.00. The van der Waals surface area contributed by atoms with Gasteiger partial charge in [-0.1, -0.05) is 31.4 Å². The highest BCUT2D eigenvalue weighted by molar-refractivity contribution is 6.30. The first kappa shape index (κ1) is 13.9. The summed E-state index contributed by atoms with van der Waals surface area (Å²) in [6, 6.07) is 0. The second-order valence-electron chi connectivity index (χ2n) is 5.64. The minimum absolute atomic E-state index is 0.530. The van der Waals surface area contributed by atoms with Gasteiger partial charge < -0.3 is 5.32 Å². The third-order valence-electron chi connectivity index (χ3n) is 4.49. The summed E-state index contributed by atoms with van der Waals surface area (Å²) in [6.07, 6.45) is 6.80. The largest absolute Gasteiger partial charge is 0.312 e. The van der Waals surface area contributed by atoms with Crippen molar-refractivity contribution in [2.45, 2.75) is 52.5 Å². The summed E-state index contributed by atoms with van der Waals surface area (Å²) in [5, 5.41) is 8.70. The minimum atomic E-state index is 0.530. The van der Waals surface area contributed by atoms with Gasteiger partial charge in [0.1, 0.15) is 5.15 Å². The second kappa shape index (κ2) is 5.62. The van der Waals surface area contributed by atoms with E-state index in [1.54, 1.807) is 4.68 Å². The number of nitrogens with zero attached hydrogens (tertiary/aromatic N) is 2. The Balaban J connectivity index is 1.92. The Morgan fingerprint density at radius 3 is 2.56 bits per heavy atom. The van der Waals surface area contributed by atoms with Crippen molar-refractivity contribution in [2.24, 2.45) is 12.5 Å². The lowest BCUT2D eigenvalue weighted by molar-refractivity contribution is 0.268. The Morgan fingerprint density at radius 2 is 2.06 bits per heavy atom. The maximum Gasteiger partial charge on any atom is 0.131 e. The first-order valence-corrected chi connectivity index (χ1v) is 7.34. The summed E-state index contributed by atoms with van der Waals surface area (Å²) in [6.45, 7) is 6.28. The molecule has 1 fully saturated rings. The van der Waals surface area contributed by atoms with Crippen LogP contribution >= 0.6 is 11.6 Å². The van der Waals surface area contributed by atoms with Crippen molar-refractivity contribution in [1.82, 2.24) is 15.1 Å². The number of aromatic nitrogens is 2. The van der Waals surface area contributed by atoms with Gasteiger partial charge in [0, 0.05) is 25.7 Å². The predicted octanol–water partition coefficient (Wildman–Crippen LogP) is 3.44. The zero-order valence-electron chi connectivity index (χ0n) is 11.7. The number of rotatable bonds is 5. The predicted molar refractivity (Wildman–Crippen MR) is 75.9 cm³/mol. The van der Waals surface area contributed by atoms with E-state index < -0.39 is 0 Å². The molecule has 1 aromatic rings. The highest BCUT2D eigenvalue weighted by atomic mass is 35.5. The fraction of sp³-hybridized carbons (Fsp3) is 0.786. The van der Waals surface area contributed by atoms with Crippen LogP contribution in [0.5, 0.6) is 0 Å². The third kappa shape index (κ3) is 2.72. The molecule has 0 radical (unpaired) electrons. The van der Waals surface area contributed by atoms with E-state index in [2.05, 4.69) is 17.3 Å². The summed E-state index contributed by atoms with van der Waals surface area (Å²) < 4.78 is 1.75. The molecule has 1 aromatic heterocycles. The lowest BCUT2D eigenvalue weighted by Gasteiger charge is -2.27. The van der Waals surface area contributed by atoms with Gasteiger partial charge in [-0.3, -0.25) is 4.68 Å². The van der Waals surface area contributed by atoms with Crippen molar-refractivity contribution in [3.63, 3.8) is 0 Å². The number of hydrogen-bond donors (Lipinski definition) is 1. The Bertz CT molecular complexity index is 405. The molecule has 0 aromatic carbocycles. The Labute approximate surface area is 115 Å². The van der Waals surface area contributed by atoms with E-state index in [-0.39, 0.29) is 0 Å². The molecule has 0 spiro atoms. The van der Waals surface area contributed by atoms with Crippen molar-refractivity contribution in [2.75, 3.05) is 6.54 Å². The first-order chi connectivity index (χ1) is 8.58. The van der Waals surface area contributed by atoms with E-state index >= 15 is 0 Å². The first-order valence-electron chi connectivity index (χ1n) is 6.97. The van der Waals surface area contributed by atoms with Gasteiger partial charge in [0.25, 0.3) is 0 Å². The minimum Gasteiger partial charge on any atom is -0.312 e. The van der Waals surface area contributed by atoms with Crippen LogP contribution in [0.4, 0.5) is 0 Å². The zero-order chi connectivity index (χ0) is 13.2. The van der Waals surface area contributed by atoms with E-state index in [1.807, 2.05) is 14.0 Å². The molecule has 102 valence electrons. The molecule has 1 aliphatic rings. The standard InChI is InChI=1S/C14H24ClN3/c1-4-14(7-5-6-8-14)10-16-9-12-11(2)17-18(3)13(12)15/h16H,4-10H2,1-3H3. The number of aryl methyl sites for hydroxylation is 2. The van der Waals surface area contributed by atoms with Gasteiger partial charge in [0.2, 0.25) is 0 Å². The molecule has 1 N–H and O–H groups in total. The van der Waals surface area contributed by atoms with E-state index in [4.69, 9.17) is 11.6 Å². The normalized spacial score (nSPS) is 18.4. The van der Waals surface area contributed by atoms with E-state index in [0.29, 0.717) is 5.41 Å². The molecule has 1 saturated carbocycles. The van der Waals surface area contributed by atoms with Crippen molar-refractivity contribution in [1.29, 1.82) is 0 Å². The van der Waals surface area contributed by atoms with Crippen LogP contribution in [0.15, 0.2) is 0 Å². The number of hydrogen-bond acceptors (Lipinski definition) is 2. The summed E-state index contributed by atoms with van der Waals surface area (Å²) >= 11 is 6.24. The van der Waals surface area contributed by atoms with Gasteiger partial charge in [-0.05, 0) is 31.6 Å². The molecular formula is C14H24ClN3. The average Bonchev–Trinajstić information content (AvgIpc) is 2.91. The molecule has 1 heterocycles. The molecule has 2 rings (SSSR count). The van der Waals surface area contributed by atoms with Crippen molar-refractivity contribution >= 4 is 11.6 Å². The van der Waals surface area contributed by atoms with E-state index in [9.17, 15) is 0 Å². The third-order valence-corrected chi connectivity index (χ3v) is 4.96. The van der Waals surface area contributed by atoms with Crippen LogP contribution in [-0.4, -0.2) is 16.3 Å². The van der Waals surface area contributed by atoms with Gasteiger partial charge in [-0.25, -0.2) is 0 Å². The van der Waals surface area contributed by atoms with Crippen LogP contribution in [0.1, 0.15) is 50.3 Å². The molecular weight excluding hydrogens is 246 g/mol. The summed E-state index contributed by atoms with van der Waals surface area (Å²) in [5.74, 6) is 0. The zero-order valence-corrected chi connectivity index (χ0v) is 12.5. The molecule has 18 heavy (non-hydrogen) atoms. The molecule has 3 nitrogen and oxygen atoms in total. The Morgan fingerprint density at radius 1 is 1.39 bits per heavy atom. The van der Waals surface area contributed by atoms with Crippen LogP contribution in [0.2, 0.25) is 5.15 Å². The quantitative estimate of drug-likeness (QED) is 0.887. The van der Waals surface area contributed by atoms with Crippen LogP contribution in [0.3, 0.4) is 0 Å². The van der Waals surface area contributed by atoms with Crippen LogP contribution in [-0.2, 0) is 13.6 Å². The number of halogens is 1. The fourth-order valence-corrected chi connectivity index (χ4v) is 3.35. The molecule has 0 bridgehead atoms. The van der Waals surface area contributed by atoms with Crippen LogP contribution in [0.25, 0.3) is 0 Å². The molecule has 0 saturated heterocycles. The summed E-state index contributed by atoms with van der Waals surface area (Å²) in [7, 11) is 1.89. The summed E-state index contributed by atoms with van der Waals surface area (Å²) in [5.41, 5.74) is 2.71. The molecule has 4 heteroatoms. The molecule has 0 aliphatic heterocycles. The molecule has 0 unspecified atom stereocenters. The fourth-order valence-electron chi connectivity index (χ4n) is 3.11. The lowest BCUT2D eigenvalue weighted by atomic mass is 9.83. The van der Waals surface area contributed by atoms with Gasteiger partial charge in [-0.15, -0.1) is 0 Å². The monoisotopic (exact) mass is 269 g/mol. The van der Waals surface area contributed by atoms with Crippen LogP contribution < -0.4 is 5.32 Å². The lowest BCUT2D eigenvalue weighted by Crippen LogP contribution is -2.31. The van der Waals surface area contributed by atoms with Gasteiger partial charge in [-0.2, -0.15) is 5.10 Å². The van der Waals surface area contributed by atoms with Crippen molar-refractivity contribution < 1.29 is 0 Å². The summed E-state index contributed by atoms with van der Waals surface area (Å²) in [4.78, 5) is 0. The van der Waals surface area contributed by atoms with Crippen molar-refractivity contribution in [3.8, 4) is 0 Å². The van der Waals surface area contributed by atoms with Crippen molar-refractivity contribution in [3.05, 3.63) is 16.4 Å². The maximum atomic E-state index is 6.24. The highest BCUT2D eigenvalue weighted by Crippen LogP contribution is 2.40. The van der Waals surface area contributed by atoms with E-state index in [0.717, 1.165) is 29.5 Å². The molecule has 1 aliphatic carbocycles. The van der Waals surface area contributed by atoms with Crippen LogP contribution in [0, 0.1) is 12.3 Å². The van der Waals surface area contributed by atoms with E-state index in [1.165, 1.54) is 32.1 Å². The molecule has 0 atom stereocenters. The Kier molecular flexibility index (Phi) is 4.33. The Hall–Kier alpha value is -0.540. The SMILES string of the molecule is CCC1(CNCc2c(C)nn(C)c2Cl)CCCC1. The topological polar surface area (TPSA) is 29.9 Å². The number of nitrogens with one attached hydrogen (secondary N) is 1. The van der Waals surface area contributed by atoms with Gasteiger partial charge in [0.05, 0.1) is 5.69 Å². The van der Waals surface area contributed by atoms with Gasteiger partial charge in [0.15, 0.2) is 0 Å². The smallest absolute Gasteiger partial charge is 0.131 e.